The molecule has 0 saturated heterocycles. The number of hydrogen-bond acceptors (Lipinski definition) is 2. The fourth-order valence-electron chi connectivity index (χ4n) is 4.82. The van der Waals surface area contributed by atoms with E-state index in [4.69, 9.17) is 0 Å². The minimum Gasteiger partial charge on any atom is -0.347 e. The van der Waals surface area contributed by atoms with Gasteiger partial charge in [0.25, 0.3) is 5.91 Å². The second-order valence-corrected chi connectivity index (χ2v) is 6.61. The molecule has 0 spiro atoms. The lowest BCUT2D eigenvalue weighted by Gasteiger charge is -2.25. The monoisotopic (exact) mass is 271 g/mol. The average molecular weight is 271 g/mol. The van der Waals surface area contributed by atoms with Crippen LogP contribution >= 0.6 is 0 Å². The summed E-state index contributed by atoms with van der Waals surface area (Å²) in [7, 11) is 1.88. The molecule has 4 heteroatoms. The molecule has 3 aliphatic rings. The lowest BCUT2D eigenvalue weighted by molar-refractivity contribution is 0.0946. The zero-order valence-electron chi connectivity index (χ0n) is 11.9. The molecule has 0 radical (unpaired) electrons. The second-order valence-electron chi connectivity index (χ2n) is 6.61. The molecule has 2 bridgehead atoms. The molecule has 1 N–H and O–H groups in total. The number of nitrogens with one attached hydrogen (secondary N) is 1. The molecule has 1 aromatic rings. The van der Waals surface area contributed by atoms with E-state index < -0.39 is 0 Å². The minimum absolute atomic E-state index is 0.101. The van der Waals surface area contributed by atoms with Gasteiger partial charge in [-0.25, -0.2) is 5.43 Å². The number of aryl methyl sites for hydroxylation is 1. The third kappa shape index (κ3) is 1.74. The molecule has 3 fully saturated rings. The number of aromatic nitrogens is 1. The summed E-state index contributed by atoms with van der Waals surface area (Å²) in [6.45, 7) is 0. The Hall–Kier alpha value is -1.58. The van der Waals surface area contributed by atoms with E-state index in [1.807, 2.05) is 29.9 Å². The van der Waals surface area contributed by atoms with Crippen molar-refractivity contribution in [1.82, 2.24) is 9.99 Å². The average Bonchev–Trinajstić information content (AvgIpc) is 3.16. The molecular formula is C16H21N3O. The van der Waals surface area contributed by atoms with Crippen LogP contribution in [0.5, 0.6) is 0 Å². The van der Waals surface area contributed by atoms with Crippen LogP contribution in [0, 0.1) is 23.7 Å². The third-order valence-corrected chi connectivity index (χ3v) is 5.68. The standard InChI is InChI=1S/C16H21N3O/c1-19-7-3-6-15(19)16(20)18-17-14-9-10-8-13(14)12-5-2-4-11(10)12/h3,6-7,10-13H,2,4-5,8-9H2,1H3,(H,18,20)/b17-14+. The largest absolute Gasteiger partial charge is 0.347 e. The van der Waals surface area contributed by atoms with Crippen LogP contribution in [0.3, 0.4) is 0 Å². The Morgan fingerprint density at radius 3 is 3.05 bits per heavy atom. The number of amides is 1. The summed E-state index contributed by atoms with van der Waals surface area (Å²) in [5.41, 5.74) is 4.67. The second kappa shape index (κ2) is 4.47. The van der Waals surface area contributed by atoms with Gasteiger partial charge in [-0.1, -0.05) is 6.42 Å². The van der Waals surface area contributed by atoms with Crippen molar-refractivity contribution in [1.29, 1.82) is 0 Å². The van der Waals surface area contributed by atoms with Crippen LogP contribution in [0.1, 0.15) is 42.6 Å². The maximum absolute atomic E-state index is 12.1. The fourth-order valence-corrected chi connectivity index (χ4v) is 4.82. The van der Waals surface area contributed by atoms with Crippen LogP contribution in [0.25, 0.3) is 0 Å². The Morgan fingerprint density at radius 2 is 2.25 bits per heavy atom. The van der Waals surface area contributed by atoms with E-state index in [1.165, 1.54) is 31.4 Å². The molecule has 0 aromatic carbocycles. The van der Waals surface area contributed by atoms with Crippen LogP contribution in [-0.2, 0) is 7.05 Å². The van der Waals surface area contributed by atoms with Gasteiger partial charge in [0.1, 0.15) is 5.69 Å². The van der Waals surface area contributed by atoms with E-state index in [0.717, 1.165) is 24.2 Å². The molecule has 1 amide bonds. The first-order chi connectivity index (χ1) is 9.74. The lowest BCUT2D eigenvalue weighted by Crippen LogP contribution is -2.28. The third-order valence-electron chi connectivity index (χ3n) is 5.68. The molecule has 1 heterocycles. The number of rotatable bonds is 2. The van der Waals surface area contributed by atoms with Gasteiger partial charge in [-0.2, -0.15) is 5.10 Å². The van der Waals surface area contributed by atoms with Gasteiger partial charge < -0.3 is 4.57 Å². The van der Waals surface area contributed by atoms with E-state index in [9.17, 15) is 4.79 Å². The van der Waals surface area contributed by atoms with Crippen LogP contribution in [-0.4, -0.2) is 16.2 Å². The molecule has 4 nitrogen and oxygen atoms in total. The quantitative estimate of drug-likeness (QED) is 0.826. The highest BCUT2D eigenvalue weighted by atomic mass is 16.2. The first kappa shape index (κ1) is 12.2. The number of fused-ring (bicyclic) bond motifs is 5. The van der Waals surface area contributed by atoms with Crippen molar-refractivity contribution in [3.63, 3.8) is 0 Å². The highest BCUT2D eigenvalue weighted by Gasteiger charge is 2.52. The van der Waals surface area contributed by atoms with Crippen LogP contribution < -0.4 is 5.43 Å². The summed E-state index contributed by atoms with van der Waals surface area (Å²) in [5, 5.41) is 4.47. The number of hydrazone groups is 1. The lowest BCUT2D eigenvalue weighted by atomic mass is 9.81. The van der Waals surface area contributed by atoms with Crippen molar-refractivity contribution in [2.45, 2.75) is 32.1 Å². The van der Waals surface area contributed by atoms with Crippen molar-refractivity contribution >= 4 is 11.6 Å². The van der Waals surface area contributed by atoms with E-state index in [0.29, 0.717) is 11.6 Å². The zero-order chi connectivity index (χ0) is 13.7. The van der Waals surface area contributed by atoms with Gasteiger partial charge in [0.05, 0.1) is 0 Å². The van der Waals surface area contributed by atoms with Crippen molar-refractivity contribution in [2.24, 2.45) is 35.8 Å². The summed E-state index contributed by atoms with van der Waals surface area (Å²) in [6.07, 6.45) is 8.49. The molecule has 106 valence electrons. The van der Waals surface area contributed by atoms with Crippen LogP contribution in [0.2, 0.25) is 0 Å². The smallest absolute Gasteiger partial charge is 0.287 e. The molecule has 3 saturated carbocycles. The number of carbonyl (C=O) groups is 1. The van der Waals surface area contributed by atoms with Crippen molar-refractivity contribution in [3.8, 4) is 0 Å². The predicted molar refractivity (Wildman–Crippen MR) is 77.4 cm³/mol. The first-order valence-electron chi connectivity index (χ1n) is 7.72. The molecule has 3 aliphatic carbocycles. The van der Waals surface area contributed by atoms with E-state index in [1.54, 1.807) is 0 Å². The highest BCUT2D eigenvalue weighted by Crippen LogP contribution is 2.57. The predicted octanol–water partition coefficient (Wildman–Crippen LogP) is 2.57. The molecule has 1 aromatic heterocycles. The van der Waals surface area contributed by atoms with Gasteiger partial charge in [-0.15, -0.1) is 0 Å². The van der Waals surface area contributed by atoms with Crippen LogP contribution in [0.15, 0.2) is 23.4 Å². The minimum atomic E-state index is -0.101. The summed E-state index contributed by atoms with van der Waals surface area (Å²) in [6, 6.07) is 3.70. The first-order valence-corrected chi connectivity index (χ1v) is 7.72. The topological polar surface area (TPSA) is 46.4 Å². The SMILES string of the molecule is Cn1cccc1C(=O)N/N=C1\CC2CC1C1CCCC21. The Bertz CT molecular complexity index is 574. The van der Waals surface area contributed by atoms with Gasteiger partial charge in [0.15, 0.2) is 0 Å². The Balaban J connectivity index is 1.47. The van der Waals surface area contributed by atoms with Crippen molar-refractivity contribution < 1.29 is 4.79 Å². The fraction of sp³-hybridized carbons (Fsp3) is 0.625. The Morgan fingerprint density at radius 1 is 1.40 bits per heavy atom. The molecule has 4 unspecified atom stereocenters. The molecule has 4 rings (SSSR count). The van der Waals surface area contributed by atoms with Crippen molar-refractivity contribution in [3.05, 3.63) is 24.0 Å². The van der Waals surface area contributed by atoms with E-state index in [2.05, 4.69) is 10.5 Å². The van der Waals surface area contributed by atoms with Crippen LogP contribution in [0.4, 0.5) is 0 Å². The number of hydrogen-bond donors (Lipinski definition) is 1. The van der Waals surface area contributed by atoms with Gasteiger partial charge in [0.2, 0.25) is 0 Å². The van der Waals surface area contributed by atoms with Gasteiger partial charge in [0, 0.05) is 24.9 Å². The number of carbonyl (C=O) groups excluding carboxylic acids is 1. The van der Waals surface area contributed by atoms with E-state index in [-0.39, 0.29) is 5.91 Å². The zero-order valence-corrected chi connectivity index (χ0v) is 11.9. The summed E-state index contributed by atoms with van der Waals surface area (Å²) in [5.74, 6) is 3.22. The molecule has 20 heavy (non-hydrogen) atoms. The van der Waals surface area contributed by atoms with Gasteiger partial charge >= 0.3 is 0 Å². The summed E-state index contributed by atoms with van der Waals surface area (Å²) in [4.78, 5) is 12.1. The maximum atomic E-state index is 12.1. The summed E-state index contributed by atoms with van der Waals surface area (Å²) >= 11 is 0. The Kier molecular flexibility index (Phi) is 2.72. The molecular weight excluding hydrogens is 250 g/mol. The summed E-state index contributed by atoms with van der Waals surface area (Å²) < 4.78 is 1.82. The van der Waals surface area contributed by atoms with Gasteiger partial charge in [-0.3, -0.25) is 4.79 Å². The maximum Gasteiger partial charge on any atom is 0.287 e. The molecule has 0 aliphatic heterocycles. The normalized spacial score (nSPS) is 36.5. The molecule has 4 atom stereocenters. The Labute approximate surface area is 119 Å². The number of nitrogens with zero attached hydrogens (tertiary/aromatic N) is 2. The highest BCUT2D eigenvalue weighted by molar-refractivity contribution is 5.95. The van der Waals surface area contributed by atoms with Gasteiger partial charge in [-0.05, 0) is 55.6 Å². The van der Waals surface area contributed by atoms with Crippen molar-refractivity contribution in [2.75, 3.05) is 0 Å². The van der Waals surface area contributed by atoms with E-state index >= 15 is 0 Å².